The monoisotopic (exact) mass is 375 g/mol. The van der Waals surface area contributed by atoms with E-state index in [1.807, 2.05) is 64.0 Å². The van der Waals surface area contributed by atoms with Crippen LogP contribution < -0.4 is 4.90 Å². The minimum absolute atomic E-state index is 0.238. The summed E-state index contributed by atoms with van der Waals surface area (Å²) in [5.74, 6) is 6.32. The maximum Gasteiger partial charge on any atom is 0.166 e. The van der Waals surface area contributed by atoms with Crippen LogP contribution in [0, 0.1) is 35.9 Å². The largest absolute Gasteiger partial charge is 0.360 e. The van der Waals surface area contributed by atoms with Crippen LogP contribution in [0.15, 0.2) is 42.6 Å². The maximum absolute atomic E-state index is 13.8. The molecule has 2 heterocycles. The average Bonchev–Trinajstić information content (AvgIpc) is 3.05. The van der Waals surface area contributed by atoms with Crippen molar-refractivity contribution in [2.45, 2.75) is 20.8 Å². The van der Waals surface area contributed by atoms with Gasteiger partial charge < -0.3 is 4.90 Å². The molecular weight excluding hydrogens is 353 g/mol. The van der Waals surface area contributed by atoms with Crippen molar-refractivity contribution in [3.8, 4) is 23.6 Å². The lowest BCUT2D eigenvalue weighted by atomic mass is 10.2. The molecular formula is C22H22FN5. The van der Waals surface area contributed by atoms with Crippen molar-refractivity contribution in [3.05, 3.63) is 70.9 Å². The molecule has 0 bridgehead atoms. The molecule has 2 aromatic heterocycles. The van der Waals surface area contributed by atoms with E-state index >= 15 is 0 Å². The fraction of sp³-hybridized carbons (Fsp3) is 0.227. The Labute approximate surface area is 165 Å². The van der Waals surface area contributed by atoms with Crippen LogP contribution in [0.3, 0.4) is 0 Å². The van der Waals surface area contributed by atoms with Crippen LogP contribution in [0.5, 0.6) is 0 Å². The second-order valence-electron chi connectivity index (χ2n) is 5.87. The van der Waals surface area contributed by atoms with Gasteiger partial charge in [0.2, 0.25) is 0 Å². The van der Waals surface area contributed by atoms with Crippen molar-refractivity contribution in [1.82, 2.24) is 14.8 Å². The summed E-state index contributed by atoms with van der Waals surface area (Å²) in [6, 6.07) is 11.6. The van der Waals surface area contributed by atoms with Crippen LogP contribution in [-0.4, -0.2) is 28.9 Å². The lowest BCUT2D eigenvalue weighted by Gasteiger charge is -2.08. The number of nitriles is 1. The fourth-order valence-electron chi connectivity index (χ4n) is 2.52. The Hall–Kier alpha value is -3.64. The van der Waals surface area contributed by atoms with E-state index in [0.29, 0.717) is 17.2 Å². The van der Waals surface area contributed by atoms with E-state index in [0.717, 1.165) is 11.3 Å². The number of rotatable bonds is 2. The van der Waals surface area contributed by atoms with Crippen LogP contribution in [0.25, 0.3) is 5.69 Å². The smallest absolute Gasteiger partial charge is 0.166 e. The SMILES string of the molecule is CC.Cc1c(C#Cc2ccccn2)c(N(C)C)nn1-c1cc(F)cc(C#N)c1. The lowest BCUT2D eigenvalue weighted by molar-refractivity contribution is 0.624. The predicted molar refractivity (Wildman–Crippen MR) is 109 cm³/mol. The second kappa shape index (κ2) is 9.34. The lowest BCUT2D eigenvalue weighted by Crippen LogP contribution is -2.11. The molecule has 0 aliphatic heterocycles. The molecule has 0 unspecified atom stereocenters. The number of hydrogen-bond donors (Lipinski definition) is 0. The van der Waals surface area contributed by atoms with Gasteiger partial charge in [0.05, 0.1) is 28.6 Å². The van der Waals surface area contributed by atoms with Gasteiger partial charge in [0.15, 0.2) is 5.82 Å². The van der Waals surface area contributed by atoms with E-state index < -0.39 is 5.82 Å². The summed E-state index contributed by atoms with van der Waals surface area (Å²) in [6.07, 6.45) is 1.68. The molecule has 6 heteroatoms. The first-order chi connectivity index (χ1) is 13.5. The van der Waals surface area contributed by atoms with Crippen LogP contribution in [0.1, 0.15) is 36.4 Å². The van der Waals surface area contributed by atoms with Crippen LogP contribution in [-0.2, 0) is 0 Å². The van der Waals surface area contributed by atoms with Crippen LogP contribution in [0.4, 0.5) is 10.2 Å². The number of nitrogens with zero attached hydrogens (tertiary/aromatic N) is 5. The molecule has 3 rings (SSSR count). The quantitative estimate of drug-likeness (QED) is 0.634. The van der Waals surface area contributed by atoms with Crippen molar-refractivity contribution in [1.29, 1.82) is 5.26 Å². The van der Waals surface area contributed by atoms with Gasteiger partial charge >= 0.3 is 0 Å². The summed E-state index contributed by atoms with van der Waals surface area (Å²) in [6.45, 7) is 5.86. The van der Waals surface area contributed by atoms with E-state index in [1.54, 1.807) is 16.9 Å². The van der Waals surface area contributed by atoms with Crippen molar-refractivity contribution in [2.75, 3.05) is 19.0 Å². The highest BCUT2D eigenvalue weighted by atomic mass is 19.1. The standard InChI is InChI=1S/C20H16FN5.C2H6/c1-14-19(8-7-17-6-4-5-9-23-17)20(25(2)3)24-26(14)18-11-15(13-22)10-16(21)12-18;1-2/h4-6,9-12H,1-3H3;1-2H3. The molecule has 0 radical (unpaired) electrons. The number of benzene rings is 1. The average molecular weight is 375 g/mol. The second-order valence-corrected chi connectivity index (χ2v) is 5.87. The molecule has 0 aliphatic rings. The van der Waals surface area contributed by atoms with E-state index in [2.05, 4.69) is 21.9 Å². The maximum atomic E-state index is 13.8. The molecule has 0 amide bonds. The topological polar surface area (TPSA) is 57.7 Å². The molecule has 0 aliphatic carbocycles. The molecule has 0 saturated carbocycles. The third-order valence-corrected chi connectivity index (χ3v) is 3.76. The molecule has 0 spiro atoms. The van der Waals surface area contributed by atoms with E-state index in [1.165, 1.54) is 12.1 Å². The van der Waals surface area contributed by atoms with Crippen molar-refractivity contribution >= 4 is 5.82 Å². The summed E-state index contributed by atoms with van der Waals surface area (Å²) in [4.78, 5) is 6.04. The Bertz CT molecular complexity index is 1050. The molecule has 5 nitrogen and oxygen atoms in total. The van der Waals surface area contributed by atoms with Crippen molar-refractivity contribution in [2.24, 2.45) is 0 Å². The summed E-state index contributed by atoms with van der Waals surface area (Å²) in [5.41, 5.74) is 2.85. The molecule has 1 aromatic carbocycles. The third kappa shape index (κ3) is 4.55. The Morgan fingerprint density at radius 3 is 2.46 bits per heavy atom. The van der Waals surface area contributed by atoms with Gasteiger partial charge in [-0.15, -0.1) is 5.10 Å². The summed E-state index contributed by atoms with van der Waals surface area (Å²) in [7, 11) is 3.73. The van der Waals surface area contributed by atoms with Crippen molar-refractivity contribution in [3.63, 3.8) is 0 Å². The van der Waals surface area contributed by atoms with E-state index in [9.17, 15) is 4.39 Å². The first-order valence-electron chi connectivity index (χ1n) is 8.90. The van der Waals surface area contributed by atoms with Crippen LogP contribution in [0.2, 0.25) is 0 Å². The molecule has 142 valence electrons. The highest BCUT2D eigenvalue weighted by molar-refractivity contribution is 5.60. The molecule has 0 saturated heterocycles. The normalized spacial score (nSPS) is 9.46. The Kier molecular flexibility index (Phi) is 6.90. The minimum atomic E-state index is -0.485. The number of hydrogen-bond acceptors (Lipinski definition) is 4. The number of halogens is 1. The highest BCUT2D eigenvalue weighted by Gasteiger charge is 2.17. The Morgan fingerprint density at radius 1 is 1.11 bits per heavy atom. The number of aromatic nitrogens is 3. The molecule has 3 aromatic rings. The molecule has 0 atom stereocenters. The van der Waals surface area contributed by atoms with Gasteiger partial charge in [-0.1, -0.05) is 25.8 Å². The molecule has 28 heavy (non-hydrogen) atoms. The van der Waals surface area contributed by atoms with Gasteiger partial charge in [-0.05, 0) is 43.2 Å². The van der Waals surface area contributed by atoms with Gasteiger partial charge in [0.25, 0.3) is 0 Å². The predicted octanol–water partition coefficient (Wildman–Crippen LogP) is 4.08. The number of pyridine rings is 1. The van der Waals surface area contributed by atoms with Gasteiger partial charge in [0, 0.05) is 20.3 Å². The number of anilines is 1. The first kappa shape index (κ1) is 20.7. The Balaban J connectivity index is 0.00000136. The summed E-state index contributed by atoms with van der Waals surface area (Å²) < 4.78 is 15.4. The minimum Gasteiger partial charge on any atom is -0.360 e. The summed E-state index contributed by atoms with van der Waals surface area (Å²) in [5, 5.41) is 13.6. The zero-order chi connectivity index (χ0) is 20.7. The Morgan fingerprint density at radius 2 is 1.86 bits per heavy atom. The van der Waals surface area contributed by atoms with Gasteiger partial charge in [0.1, 0.15) is 11.5 Å². The molecule has 0 N–H and O–H groups in total. The van der Waals surface area contributed by atoms with E-state index in [4.69, 9.17) is 5.26 Å². The van der Waals surface area contributed by atoms with Gasteiger partial charge in [-0.25, -0.2) is 14.1 Å². The van der Waals surface area contributed by atoms with Crippen LogP contribution >= 0.6 is 0 Å². The summed E-state index contributed by atoms with van der Waals surface area (Å²) >= 11 is 0. The first-order valence-corrected chi connectivity index (χ1v) is 8.90. The fourth-order valence-corrected chi connectivity index (χ4v) is 2.52. The van der Waals surface area contributed by atoms with Gasteiger partial charge in [-0.2, -0.15) is 5.26 Å². The molecule has 0 fully saturated rings. The highest BCUT2D eigenvalue weighted by Crippen LogP contribution is 2.24. The van der Waals surface area contributed by atoms with Crippen molar-refractivity contribution < 1.29 is 4.39 Å². The van der Waals surface area contributed by atoms with Gasteiger partial charge in [-0.3, -0.25) is 0 Å². The zero-order valence-electron chi connectivity index (χ0n) is 16.7. The van der Waals surface area contributed by atoms with E-state index in [-0.39, 0.29) is 5.56 Å². The third-order valence-electron chi connectivity index (χ3n) is 3.76. The zero-order valence-corrected chi connectivity index (χ0v) is 16.7.